The van der Waals surface area contributed by atoms with Crippen LogP contribution in [0, 0.1) is 0 Å². The van der Waals surface area contributed by atoms with Gasteiger partial charge in [-0.2, -0.15) is 0 Å². The van der Waals surface area contributed by atoms with Crippen LogP contribution < -0.4 is 9.47 Å². The summed E-state index contributed by atoms with van der Waals surface area (Å²) in [7, 11) is 1.47. The number of imide groups is 1. The first-order chi connectivity index (χ1) is 11.9. The number of Topliss-reactive ketones (excluding diaryl/α,β-unsaturated/α-hetero) is 1. The van der Waals surface area contributed by atoms with Crippen LogP contribution in [0.3, 0.4) is 0 Å². The molecule has 2 rings (SSSR count). The largest absolute Gasteiger partial charge is 0.493 e. The molecular formula is C17H19NO7. The average molecular weight is 349 g/mol. The molecule has 1 saturated heterocycles. The molecule has 0 aliphatic carbocycles. The van der Waals surface area contributed by atoms with Crippen LogP contribution >= 0.6 is 0 Å². The van der Waals surface area contributed by atoms with E-state index < -0.39 is 17.8 Å². The van der Waals surface area contributed by atoms with Gasteiger partial charge in [-0.1, -0.05) is 0 Å². The minimum absolute atomic E-state index is 0.00902. The average Bonchev–Trinajstić information content (AvgIpc) is 2.90. The number of carbonyl (C=O) groups excluding carboxylic acids is 4. The van der Waals surface area contributed by atoms with E-state index in [2.05, 4.69) is 0 Å². The Labute approximate surface area is 144 Å². The number of amides is 2. The van der Waals surface area contributed by atoms with Gasteiger partial charge in [-0.3, -0.25) is 14.4 Å². The van der Waals surface area contributed by atoms with E-state index in [0.717, 1.165) is 0 Å². The SMILES string of the molecule is COc1cc(C(C)=O)ccc1OCCCC(=O)ON1C(=O)CCC1=O. The molecule has 134 valence electrons. The zero-order valence-corrected chi connectivity index (χ0v) is 14.1. The maximum absolute atomic E-state index is 11.7. The van der Waals surface area contributed by atoms with Crippen molar-refractivity contribution >= 4 is 23.6 Å². The number of hydrogen-bond donors (Lipinski definition) is 0. The van der Waals surface area contributed by atoms with Crippen LogP contribution in [0.1, 0.15) is 43.0 Å². The monoisotopic (exact) mass is 349 g/mol. The van der Waals surface area contributed by atoms with Crippen LogP contribution in [0.5, 0.6) is 11.5 Å². The van der Waals surface area contributed by atoms with Gasteiger partial charge >= 0.3 is 5.97 Å². The van der Waals surface area contributed by atoms with Gasteiger partial charge in [-0.05, 0) is 31.5 Å². The fraction of sp³-hybridized carbons (Fsp3) is 0.412. The summed E-state index contributed by atoms with van der Waals surface area (Å²) in [5, 5.41) is 0.521. The lowest BCUT2D eigenvalue weighted by molar-refractivity contribution is -0.197. The summed E-state index contributed by atoms with van der Waals surface area (Å²) in [4.78, 5) is 50.5. The summed E-state index contributed by atoms with van der Waals surface area (Å²) < 4.78 is 10.7. The second-order valence-electron chi connectivity index (χ2n) is 5.42. The molecule has 8 heteroatoms. The third-order valence-electron chi connectivity index (χ3n) is 3.55. The first-order valence-electron chi connectivity index (χ1n) is 7.80. The van der Waals surface area contributed by atoms with E-state index in [9.17, 15) is 19.2 Å². The summed E-state index contributed by atoms with van der Waals surface area (Å²) in [6.07, 6.45) is 0.439. The molecule has 25 heavy (non-hydrogen) atoms. The van der Waals surface area contributed by atoms with Gasteiger partial charge in [-0.25, -0.2) is 4.79 Å². The Morgan fingerprint density at radius 3 is 2.40 bits per heavy atom. The fourth-order valence-corrected chi connectivity index (χ4v) is 2.21. The van der Waals surface area contributed by atoms with Gasteiger partial charge in [0, 0.05) is 18.4 Å². The number of hydrogen-bond acceptors (Lipinski definition) is 7. The predicted molar refractivity (Wildman–Crippen MR) is 84.9 cm³/mol. The van der Waals surface area contributed by atoms with Crippen LogP contribution in [0.25, 0.3) is 0 Å². The molecule has 0 radical (unpaired) electrons. The third kappa shape index (κ3) is 4.79. The van der Waals surface area contributed by atoms with Crippen molar-refractivity contribution in [1.29, 1.82) is 0 Å². The highest BCUT2D eigenvalue weighted by atomic mass is 16.7. The van der Waals surface area contributed by atoms with Gasteiger partial charge in [0.05, 0.1) is 20.1 Å². The topological polar surface area (TPSA) is 99.2 Å². The normalized spacial score (nSPS) is 13.8. The van der Waals surface area contributed by atoms with Crippen LogP contribution in [0.15, 0.2) is 18.2 Å². The molecule has 1 aromatic rings. The minimum atomic E-state index is -0.675. The third-order valence-corrected chi connectivity index (χ3v) is 3.55. The zero-order chi connectivity index (χ0) is 18.4. The number of ether oxygens (including phenoxy) is 2. The number of carbonyl (C=O) groups is 4. The molecule has 0 bridgehead atoms. The van der Waals surface area contributed by atoms with Crippen LogP contribution in [-0.4, -0.2) is 42.3 Å². The summed E-state index contributed by atoms with van der Waals surface area (Å²) in [6, 6.07) is 4.82. The Bertz CT molecular complexity index is 682. The van der Waals surface area contributed by atoms with Gasteiger partial charge in [-0.15, -0.1) is 5.06 Å². The minimum Gasteiger partial charge on any atom is -0.493 e. The second kappa shape index (κ2) is 8.27. The van der Waals surface area contributed by atoms with E-state index >= 15 is 0 Å². The van der Waals surface area contributed by atoms with E-state index in [0.29, 0.717) is 28.5 Å². The van der Waals surface area contributed by atoms with Crippen molar-refractivity contribution in [3.63, 3.8) is 0 Å². The molecule has 1 aliphatic rings. The first kappa shape index (κ1) is 18.4. The van der Waals surface area contributed by atoms with E-state index in [1.165, 1.54) is 14.0 Å². The molecule has 1 aromatic carbocycles. The Morgan fingerprint density at radius 2 is 1.80 bits per heavy atom. The standard InChI is InChI=1S/C17H19NO7/c1-11(19)12-5-6-13(14(10-12)23-2)24-9-3-4-17(22)25-18-15(20)7-8-16(18)21/h5-6,10H,3-4,7-9H2,1-2H3. The molecule has 0 N–H and O–H groups in total. The smallest absolute Gasteiger partial charge is 0.333 e. The van der Waals surface area contributed by atoms with Gasteiger partial charge in [0.25, 0.3) is 11.8 Å². The molecule has 1 fully saturated rings. The summed E-state index contributed by atoms with van der Waals surface area (Å²) in [5.41, 5.74) is 0.507. The molecule has 1 aliphatic heterocycles. The van der Waals surface area contributed by atoms with Crippen LogP contribution in [0.4, 0.5) is 0 Å². The highest BCUT2D eigenvalue weighted by Crippen LogP contribution is 2.28. The maximum Gasteiger partial charge on any atom is 0.333 e. The first-order valence-corrected chi connectivity index (χ1v) is 7.80. The Balaban J connectivity index is 1.79. The summed E-state index contributed by atoms with van der Waals surface area (Å²) in [6.45, 7) is 1.66. The molecular weight excluding hydrogens is 330 g/mol. The number of methoxy groups -OCH3 is 1. The van der Waals surface area contributed by atoms with Gasteiger partial charge < -0.3 is 14.3 Å². The number of ketones is 1. The molecule has 0 atom stereocenters. The predicted octanol–water partition coefficient (Wildman–Crippen LogP) is 1.66. The van der Waals surface area contributed by atoms with Gasteiger partial charge in [0.2, 0.25) is 0 Å². The summed E-state index contributed by atoms with van der Waals surface area (Å²) >= 11 is 0. The Kier molecular flexibility index (Phi) is 6.10. The molecule has 0 aromatic heterocycles. The lowest BCUT2D eigenvalue weighted by atomic mass is 10.1. The van der Waals surface area contributed by atoms with Crippen molar-refractivity contribution < 1.29 is 33.5 Å². The molecule has 1 heterocycles. The number of nitrogens with zero attached hydrogens (tertiary/aromatic N) is 1. The van der Waals surface area contributed by atoms with Crippen molar-refractivity contribution in [3.8, 4) is 11.5 Å². The van der Waals surface area contributed by atoms with Gasteiger partial charge in [0.15, 0.2) is 17.3 Å². The van der Waals surface area contributed by atoms with Crippen LogP contribution in [0.2, 0.25) is 0 Å². The molecule has 2 amide bonds. The zero-order valence-electron chi connectivity index (χ0n) is 14.1. The van der Waals surface area contributed by atoms with E-state index in [-0.39, 0.29) is 31.7 Å². The van der Waals surface area contributed by atoms with Crippen molar-refractivity contribution in [2.45, 2.75) is 32.6 Å². The second-order valence-corrected chi connectivity index (χ2v) is 5.42. The highest BCUT2D eigenvalue weighted by Gasteiger charge is 2.32. The maximum atomic E-state index is 11.7. The quantitative estimate of drug-likeness (QED) is 0.400. The highest BCUT2D eigenvalue weighted by molar-refractivity contribution is 6.01. The lowest BCUT2D eigenvalue weighted by Crippen LogP contribution is -2.32. The fourth-order valence-electron chi connectivity index (χ4n) is 2.21. The van der Waals surface area contributed by atoms with E-state index in [1.54, 1.807) is 18.2 Å². The van der Waals surface area contributed by atoms with Crippen molar-refractivity contribution in [2.75, 3.05) is 13.7 Å². The summed E-state index contributed by atoms with van der Waals surface area (Å²) in [5.74, 6) is -0.909. The molecule has 8 nitrogen and oxygen atoms in total. The van der Waals surface area contributed by atoms with Crippen molar-refractivity contribution in [3.05, 3.63) is 23.8 Å². The molecule has 0 saturated carbocycles. The Hall–Kier alpha value is -2.90. The van der Waals surface area contributed by atoms with E-state index in [4.69, 9.17) is 14.3 Å². The number of hydroxylamine groups is 2. The van der Waals surface area contributed by atoms with Crippen LogP contribution in [-0.2, 0) is 19.2 Å². The number of benzene rings is 1. The van der Waals surface area contributed by atoms with E-state index in [1.807, 2.05) is 0 Å². The van der Waals surface area contributed by atoms with Crippen molar-refractivity contribution in [1.82, 2.24) is 5.06 Å². The van der Waals surface area contributed by atoms with Crippen molar-refractivity contribution in [2.24, 2.45) is 0 Å². The molecule has 0 spiro atoms. The van der Waals surface area contributed by atoms with Gasteiger partial charge in [0.1, 0.15) is 0 Å². The number of rotatable bonds is 8. The molecule has 0 unspecified atom stereocenters. The Morgan fingerprint density at radius 1 is 1.12 bits per heavy atom. The lowest BCUT2D eigenvalue weighted by Gasteiger charge is -2.13.